The average Bonchev–Trinajstić information content (AvgIpc) is 2.34. The lowest BCUT2D eigenvalue weighted by Gasteiger charge is -1.93. The van der Waals surface area contributed by atoms with Crippen LogP contribution in [0.4, 0.5) is 0 Å². The van der Waals surface area contributed by atoms with Crippen molar-refractivity contribution in [3.8, 4) is 0 Å². The summed E-state index contributed by atoms with van der Waals surface area (Å²) in [5.74, 6) is 0. The Bertz CT molecular complexity index is 150. The minimum absolute atomic E-state index is 0.207. The molecule has 0 saturated heterocycles. The zero-order valence-corrected chi connectivity index (χ0v) is 8.29. The van der Waals surface area contributed by atoms with Crippen molar-refractivity contribution in [2.24, 2.45) is 0 Å². The Morgan fingerprint density at radius 3 is 3.11 bits per heavy atom. The van der Waals surface area contributed by atoms with E-state index in [4.69, 9.17) is 8.53 Å². The van der Waals surface area contributed by atoms with Gasteiger partial charge in [0, 0.05) is 0 Å². The fourth-order valence-corrected chi connectivity index (χ4v) is 2.62. The quantitative estimate of drug-likeness (QED) is 0.534. The summed E-state index contributed by atoms with van der Waals surface area (Å²) in [5.41, 5.74) is 0. The van der Waals surface area contributed by atoms with Crippen LogP contribution in [0.1, 0.15) is 0 Å². The molecule has 0 amide bonds. The van der Waals surface area contributed by atoms with Gasteiger partial charge in [-0.1, -0.05) is 6.55 Å². The number of hydrogen-bond donors (Lipinski definition) is 0. The SMILES string of the molecule is C[SiH2]O[SiH2]c1ccco1. The molecular formula is C5H10O2Si2. The van der Waals surface area contributed by atoms with Gasteiger partial charge in [0.2, 0.25) is 9.76 Å². The fraction of sp³-hybridized carbons (Fsp3) is 0.200. The van der Waals surface area contributed by atoms with E-state index in [1.165, 1.54) is 0 Å². The maximum atomic E-state index is 5.36. The smallest absolute Gasteiger partial charge is 0.221 e. The fourth-order valence-electron chi connectivity index (χ4n) is 0.597. The third-order valence-corrected chi connectivity index (χ3v) is 4.16. The number of furan rings is 1. The lowest BCUT2D eigenvalue weighted by molar-refractivity contribution is 0.577. The molecule has 50 valence electrons. The van der Waals surface area contributed by atoms with Crippen molar-refractivity contribution < 1.29 is 8.53 Å². The zero-order chi connectivity index (χ0) is 6.53. The van der Waals surface area contributed by atoms with E-state index in [9.17, 15) is 0 Å². The molecule has 4 heteroatoms. The molecule has 1 aromatic rings. The van der Waals surface area contributed by atoms with Crippen molar-refractivity contribution in [2.45, 2.75) is 6.55 Å². The van der Waals surface area contributed by atoms with Crippen LogP contribution in [0.15, 0.2) is 22.8 Å². The predicted octanol–water partition coefficient (Wildman–Crippen LogP) is -0.863. The summed E-state index contributed by atoms with van der Waals surface area (Å²) in [6.45, 7) is 2.13. The summed E-state index contributed by atoms with van der Waals surface area (Å²) < 4.78 is 10.5. The first kappa shape index (κ1) is 6.79. The van der Waals surface area contributed by atoms with Crippen molar-refractivity contribution in [1.29, 1.82) is 0 Å². The molecule has 1 aromatic heterocycles. The van der Waals surface area contributed by atoms with Gasteiger partial charge in [0.05, 0.1) is 6.26 Å². The first-order valence-electron chi connectivity index (χ1n) is 3.03. The van der Waals surface area contributed by atoms with Gasteiger partial charge in [-0.25, -0.2) is 0 Å². The molecule has 0 unspecified atom stereocenters. The maximum absolute atomic E-state index is 5.36. The second-order valence-electron chi connectivity index (χ2n) is 1.72. The first-order valence-corrected chi connectivity index (χ1v) is 6.31. The molecular weight excluding hydrogens is 148 g/mol. The molecule has 0 N–H and O–H groups in total. The standard InChI is InChI=1S/C5H10O2Si2/c1-8-7-9-5-3-2-4-6-5/h2-4H,8-9H2,1H3. The van der Waals surface area contributed by atoms with Crippen molar-refractivity contribution >= 4 is 24.9 Å². The van der Waals surface area contributed by atoms with E-state index in [0.29, 0.717) is 0 Å². The lowest BCUT2D eigenvalue weighted by atomic mass is 10.7. The molecule has 0 bridgehead atoms. The highest BCUT2D eigenvalue weighted by atomic mass is 28.3. The molecule has 0 aliphatic rings. The van der Waals surface area contributed by atoms with Gasteiger partial charge in [-0.3, -0.25) is 0 Å². The van der Waals surface area contributed by atoms with Crippen molar-refractivity contribution in [3.05, 3.63) is 18.4 Å². The Labute approximate surface area is 59.1 Å². The van der Waals surface area contributed by atoms with Crippen molar-refractivity contribution in [3.63, 3.8) is 0 Å². The second-order valence-corrected chi connectivity index (χ2v) is 4.91. The summed E-state index contributed by atoms with van der Waals surface area (Å²) >= 11 is 0. The van der Waals surface area contributed by atoms with Crippen LogP contribution in [-0.4, -0.2) is 19.5 Å². The van der Waals surface area contributed by atoms with Gasteiger partial charge < -0.3 is 8.53 Å². The topological polar surface area (TPSA) is 22.4 Å². The highest BCUT2D eigenvalue weighted by Gasteiger charge is 1.92. The summed E-state index contributed by atoms with van der Waals surface area (Å²) in [6, 6.07) is 3.89. The third-order valence-electron chi connectivity index (χ3n) is 1.03. The van der Waals surface area contributed by atoms with Crippen LogP contribution in [-0.2, 0) is 4.12 Å². The Morgan fingerprint density at radius 1 is 1.67 bits per heavy atom. The van der Waals surface area contributed by atoms with Crippen LogP contribution in [0.3, 0.4) is 0 Å². The molecule has 0 radical (unpaired) electrons. The minimum Gasteiger partial charge on any atom is -0.472 e. The summed E-state index contributed by atoms with van der Waals surface area (Å²) in [7, 11) is -0.681. The van der Waals surface area contributed by atoms with E-state index in [-0.39, 0.29) is 9.76 Å². The van der Waals surface area contributed by atoms with Crippen molar-refractivity contribution in [1.82, 2.24) is 0 Å². The molecule has 0 aliphatic heterocycles. The van der Waals surface area contributed by atoms with Crippen LogP contribution < -0.4 is 5.38 Å². The van der Waals surface area contributed by atoms with Gasteiger partial charge in [-0.15, -0.1) is 0 Å². The Kier molecular flexibility index (Phi) is 2.76. The zero-order valence-electron chi connectivity index (χ0n) is 5.46. The lowest BCUT2D eigenvalue weighted by Crippen LogP contribution is -2.15. The molecule has 0 saturated carbocycles. The molecule has 9 heavy (non-hydrogen) atoms. The maximum Gasteiger partial charge on any atom is 0.221 e. The summed E-state index contributed by atoms with van der Waals surface area (Å²) in [5, 5.41) is 1.06. The first-order chi connectivity index (χ1) is 4.43. The minimum atomic E-state index is -0.474. The summed E-state index contributed by atoms with van der Waals surface area (Å²) in [4.78, 5) is 0. The van der Waals surface area contributed by atoms with E-state index in [2.05, 4.69) is 6.55 Å². The van der Waals surface area contributed by atoms with E-state index in [1.54, 1.807) is 6.26 Å². The summed E-state index contributed by atoms with van der Waals surface area (Å²) in [6.07, 6.45) is 1.70. The van der Waals surface area contributed by atoms with Crippen LogP contribution in [0.25, 0.3) is 0 Å². The van der Waals surface area contributed by atoms with Gasteiger partial charge in [-0.05, 0) is 12.1 Å². The highest BCUT2D eigenvalue weighted by molar-refractivity contribution is 6.52. The molecule has 0 atom stereocenters. The van der Waals surface area contributed by atoms with Gasteiger partial charge in [0.1, 0.15) is 15.1 Å². The number of rotatable bonds is 3. The molecule has 2 nitrogen and oxygen atoms in total. The second kappa shape index (κ2) is 3.65. The largest absolute Gasteiger partial charge is 0.472 e. The monoisotopic (exact) mass is 158 g/mol. The molecule has 1 heterocycles. The van der Waals surface area contributed by atoms with E-state index >= 15 is 0 Å². The van der Waals surface area contributed by atoms with Gasteiger partial charge >= 0.3 is 0 Å². The average molecular weight is 158 g/mol. The predicted molar refractivity (Wildman–Crippen MR) is 42.4 cm³/mol. The van der Waals surface area contributed by atoms with Gasteiger partial charge in [0.25, 0.3) is 0 Å². The van der Waals surface area contributed by atoms with E-state index < -0.39 is 9.76 Å². The van der Waals surface area contributed by atoms with Crippen LogP contribution >= 0.6 is 0 Å². The van der Waals surface area contributed by atoms with Crippen LogP contribution in [0.5, 0.6) is 0 Å². The molecule has 0 spiro atoms. The Hall–Kier alpha value is -0.326. The van der Waals surface area contributed by atoms with Gasteiger partial charge in [-0.2, -0.15) is 0 Å². The number of hydrogen-bond acceptors (Lipinski definition) is 2. The van der Waals surface area contributed by atoms with Crippen molar-refractivity contribution in [2.75, 3.05) is 0 Å². The van der Waals surface area contributed by atoms with E-state index in [1.807, 2.05) is 12.1 Å². The van der Waals surface area contributed by atoms with E-state index in [0.717, 1.165) is 5.38 Å². The Balaban J connectivity index is 2.30. The molecule has 0 fully saturated rings. The Morgan fingerprint density at radius 2 is 2.56 bits per heavy atom. The van der Waals surface area contributed by atoms with Crippen LogP contribution in [0, 0.1) is 0 Å². The molecule has 1 rings (SSSR count). The van der Waals surface area contributed by atoms with Gasteiger partial charge in [0.15, 0.2) is 0 Å². The highest BCUT2D eigenvalue weighted by Crippen LogP contribution is 1.80. The normalized spacial score (nSPS) is 12.6. The third kappa shape index (κ3) is 2.17. The molecule has 0 aliphatic carbocycles. The molecule has 0 aromatic carbocycles. The van der Waals surface area contributed by atoms with Crippen LogP contribution in [0.2, 0.25) is 6.55 Å².